The average Bonchev–Trinajstić information content (AvgIpc) is 2.74. The third kappa shape index (κ3) is 25.1. The summed E-state index contributed by atoms with van der Waals surface area (Å²) in [5.41, 5.74) is 0. The van der Waals surface area contributed by atoms with Crippen LogP contribution in [-0.4, -0.2) is 19.4 Å². The fraction of sp³-hybridized carbons (Fsp3) is 0.923. The molecule has 172 valence electrons. The van der Waals surface area contributed by atoms with Crippen LogP contribution in [0, 0.1) is 0 Å². The number of esters is 1. The zero-order chi connectivity index (χ0) is 21.3. The molecule has 0 atom stereocenters. The van der Waals surface area contributed by atoms with E-state index >= 15 is 0 Å². The van der Waals surface area contributed by atoms with Crippen LogP contribution in [0.5, 0.6) is 0 Å². The van der Waals surface area contributed by atoms with Gasteiger partial charge in [-0.05, 0) is 12.8 Å². The third-order valence-corrected chi connectivity index (χ3v) is 5.93. The Balaban J connectivity index is 3.01. The quantitative estimate of drug-likeness (QED) is 0.0912. The highest BCUT2D eigenvalue weighted by Crippen LogP contribution is 2.15. The largest absolute Gasteiger partial charge is 0.469 e. The van der Waals surface area contributed by atoms with E-state index < -0.39 is 0 Å². The molecule has 0 spiro atoms. The van der Waals surface area contributed by atoms with E-state index in [4.69, 9.17) is 0 Å². The molecule has 0 N–H and O–H groups in total. The van der Waals surface area contributed by atoms with E-state index in [0.717, 1.165) is 32.0 Å². The molecule has 0 aromatic rings. The van der Waals surface area contributed by atoms with E-state index in [2.05, 4.69) is 4.74 Å². The van der Waals surface area contributed by atoms with Crippen molar-refractivity contribution < 1.29 is 14.3 Å². The second-order valence-electron chi connectivity index (χ2n) is 8.71. The van der Waals surface area contributed by atoms with E-state index in [0.29, 0.717) is 6.42 Å². The van der Waals surface area contributed by atoms with Gasteiger partial charge in [0.05, 0.1) is 7.11 Å². The van der Waals surface area contributed by atoms with E-state index in [1.807, 2.05) is 0 Å². The first-order valence-corrected chi connectivity index (χ1v) is 12.8. The van der Waals surface area contributed by atoms with Crippen molar-refractivity contribution in [3.05, 3.63) is 0 Å². The maximum absolute atomic E-state index is 11.0. The summed E-state index contributed by atoms with van der Waals surface area (Å²) in [7, 11) is 1.47. The molecule has 0 aliphatic heterocycles. The molecule has 0 aliphatic carbocycles. The highest BCUT2D eigenvalue weighted by molar-refractivity contribution is 5.68. The number of carbonyl (C=O) groups is 2. The molecule has 0 saturated carbocycles. The minimum Gasteiger partial charge on any atom is -0.469 e. The van der Waals surface area contributed by atoms with Crippen LogP contribution in [0.1, 0.15) is 148 Å². The van der Waals surface area contributed by atoms with Crippen molar-refractivity contribution in [2.75, 3.05) is 7.11 Å². The molecule has 0 unspecified atom stereocenters. The van der Waals surface area contributed by atoms with Gasteiger partial charge in [0.15, 0.2) is 0 Å². The Bertz CT molecular complexity index is 341. The lowest BCUT2D eigenvalue weighted by molar-refractivity contribution is -0.140. The lowest BCUT2D eigenvalue weighted by Gasteiger charge is -2.04. The lowest BCUT2D eigenvalue weighted by atomic mass is 10.0. The predicted octanol–water partition coefficient (Wildman–Crippen LogP) is 8.33. The molecular formula is C26H50O3. The molecule has 3 nitrogen and oxygen atoms in total. The van der Waals surface area contributed by atoms with Gasteiger partial charge in [-0.15, -0.1) is 0 Å². The Kier molecular flexibility index (Phi) is 24.4. The molecule has 0 radical (unpaired) electrons. The van der Waals surface area contributed by atoms with Crippen LogP contribution in [0.4, 0.5) is 0 Å². The number of methoxy groups -OCH3 is 1. The molecule has 0 bridgehead atoms. The van der Waals surface area contributed by atoms with Crippen LogP contribution in [0.2, 0.25) is 0 Å². The van der Waals surface area contributed by atoms with Gasteiger partial charge in [-0.2, -0.15) is 0 Å². The van der Waals surface area contributed by atoms with Gasteiger partial charge in [-0.25, -0.2) is 0 Å². The molecule has 3 heteroatoms. The number of aldehydes is 1. The Morgan fingerprint density at radius 1 is 0.517 bits per heavy atom. The van der Waals surface area contributed by atoms with Crippen molar-refractivity contribution in [1.82, 2.24) is 0 Å². The van der Waals surface area contributed by atoms with E-state index in [-0.39, 0.29) is 5.97 Å². The second kappa shape index (κ2) is 25.2. The highest BCUT2D eigenvalue weighted by atomic mass is 16.5. The van der Waals surface area contributed by atoms with Crippen molar-refractivity contribution in [3.63, 3.8) is 0 Å². The monoisotopic (exact) mass is 410 g/mol. The smallest absolute Gasteiger partial charge is 0.305 e. The number of ether oxygens (including phenoxy) is 1. The number of hydrogen-bond acceptors (Lipinski definition) is 3. The molecule has 0 aromatic heterocycles. The molecule has 29 heavy (non-hydrogen) atoms. The van der Waals surface area contributed by atoms with E-state index in [1.54, 1.807) is 0 Å². The summed E-state index contributed by atoms with van der Waals surface area (Å²) in [4.78, 5) is 21.2. The Morgan fingerprint density at radius 2 is 0.793 bits per heavy atom. The molecule has 0 saturated heterocycles. The zero-order valence-electron chi connectivity index (χ0n) is 19.6. The molecule has 0 amide bonds. The van der Waals surface area contributed by atoms with Crippen molar-refractivity contribution in [1.29, 1.82) is 0 Å². The third-order valence-electron chi connectivity index (χ3n) is 5.93. The van der Waals surface area contributed by atoms with Gasteiger partial charge in [-0.1, -0.05) is 122 Å². The highest BCUT2D eigenvalue weighted by Gasteiger charge is 1.99. The fourth-order valence-electron chi connectivity index (χ4n) is 3.96. The summed E-state index contributed by atoms with van der Waals surface area (Å²) >= 11 is 0. The molecule has 0 aromatic carbocycles. The first kappa shape index (κ1) is 28.1. The first-order valence-electron chi connectivity index (χ1n) is 12.8. The summed E-state index contributed by atoms with van der Waals surface area (Å²) in [5.74, 6) is -0.0698. The topological polar surface area (TPSA) is 43.4 Å². The minimum atomic E-state index is -0.0698. The van der Waals surface area contributed by atoms with Crippen LogP contribution in [-0.2, 0) is 14.3 Å². The van der Waals surface area contributed by atoms with E-state index in [1.165, 1.54) is 123 Å². The molecule has 0 fully saturated rings. The maximum atomic E-state index is 11.0. The number of unbranched alkanes of at least 4 members (excludes halogenated alkanes) is 21. The van der Waals surface area contributed by atoms with E-state index in [9.17, 15) is 9.59 Å². The molecule has 0 aliphatic rings. The number of carbonyl (C=O) groups excluding carboxylic acids is 2. The maximum Gasteiger partial charge on any atom is 0.305 e. The first-order chi connectivity index (χ1) is 14.3. The van der Waals surface area contributed by atoms with Gasteiger partial charge in [0.1, 0.15) is 6.29 Å². The number of hydrogen-bond donors (Lipinski definition) is 0. The van der Waals surface area contributed by atoms with Crippen molar-refractivity contribution in [3.8, 4) is 0 Å². The number of rotatable bonds is 24. The van der Waals surface area contributed by atoms with Gasteiger partial charge in [0.25, 0.3) is 0 Å². The van der Waals surface area contributed by atoms with Gasteiger partial charge in [-0.3, -0.25) is 4.79 Å². The van der Waals surface area contributed by atoms with Gasteiger partial charge in [0, 0.05) is 12.8 Å². The summed E-state index contributed by atoms with van der Waals surface area (Å²) in [5, 5.41) is 0. The minimum absolute atomic E-state index is 0.0698. The second-order valence-corrected chi connectivity index (χ2v) is 8.71. The summed E-state index contributed by atoms with van der Waals surface area (Å²) < 4.78 is 4.65. The SMILES string of the molecule is COC(=O)CCCCCCCCCCCCCCCCCCCCCCCC=O. The molecule has 0 rings (SSSR count). The molecular weight excluding hydrogens is 360 g/mol. The van der Waals surface area contributed by atoms with Gasteiger partial charge in [0.2, 0.25) is 0 Å². The van der Waals surface area contributed by atoms with Crippen LogP contribution in [0.25, 0.3) is 0 Å². The Labute approximate surface area is 181 Å². The Hall–Kier alpha value is -0.860. The molecule has 0 heterocycles. The normalized spacial score (nSPS) is 10.9. The van der Waals surface area contributed by atoms with Gasteiger partial charge >= 0.3 is 5.97 Å². The fourth-order valence-corrected chi connectivity index (χ4v) is 3.96. The Morgan fingerprint density at radius 3 is 1.07 bits per heavy atom. The van der Waals surface area contributed by atoms with Crippen LogP contribution < -0.4 is 0 Å². The predicted molar refractivity (Wildman–Crippen MR) is 124 cm³/mol. The standard InChI is InChI=1S/C26H50O3/c1-29-26(28)24-22-20-18-16-14-12-10-8-6-4-2-3-5-7-9-11-13-15-17-19-21-23-25-27/h25H,2-24H2,1H3. The summed E-state index contributed by atoms with van der Waals surface area (Å²) in [6, 6.07) is 0. The van der Waals surface area contributed by atoms with Crippen molar-refractivity contribution >= 4 is 12.3 Å². The summed E-state index contributed by atoms with van der Waals surface area (Å²) in [6.45, 7) is 0. The van der Waals surface area contributed by atoms with Crippen molar-refractivity contribution in [2.45, 2.75) is 148 Å². The van der Waals surface area contributed by atoms with Crippen LogP contribution in [0.15, 0.2) is 0 Å². The van der Waals surface area contributed by atoms with Gasteiger partial charge < -0.3 is 9.53 Å². The van der Waals surface area contributed by atoms with Crippen LogP contribution >= 0.6 is 0 Å². The van der Waals surface area contributed by atoms with Crippen molar-refractivity contribution in [2.24, 2.45) is 0 Å². The average molecular weight is 411 g/mol. The zero-order valence-corrected chi connectivity index (χ0v) is 19.6. The van der Waals surface area contributed by atoms with Crippen LogP contribution in [0.3, 0.4) is 0 Å². The summed E-state index contributed by atoms with van der Waals surface area (Å²) in [6.07, 6.45) is 30.4. The lowest BCUT2D eigenvalue weighted by Crippen LogP contribution is -1.99.